The monoisotopic (exact) mass is 333 g/mol. The second kappa shape index (κ2) is 6.09. The van der Waals surface area contributed by atoms with Gasteiger partial charge >= 0.3 is 0 Å². The van der Waals surface area contributed by atoms with Crippen molar-refractivity contribution in [3.8, 4) is 5.75 Å². The van der Waals surface area contributed by atoms with Crippen LogP contribution in [0, 0.1) is 13.8 Å². The van der Waals surface area contributed by atoms with Crippen LogP contribution in [0.1, 0.15) is 27.0 Å². The van der Waals surface area contributed by atoms with Gasteiger partial charge in [0.25, 0.3) is 0 Å². The first-order valence-electron chi connectivity index (χ1n) is 6.25. The van der Waals surface area contributed by atoms with Gasteiger partial charge in [-0.15, -0.1) is 0 Å². The van der Waals surface area contributed by atoms with Crippen molar-refractivity contribution in [2.75, 3.05) is 0 Å². The molecule has 0 aromatic heterocycles. The third-order valence-corrected chi connectivity index (χ3v) is 3.65. The largest absolute Gasteiger partial charge is 0.489 e. The number of carbonyl (C=O) groups is 1. The first-order chi connectivity index (χ1) is 9.47. The van der Waals surface area contributed by atoms with Crippen LogP contribution in [0.25, 0.3) is 0 Å². The standard InChI is InChI=1S/C16H16BrNO2/c1-10-3-6-14(17)8-15(10)20-9-13-5-4-12(16(18)19)7-11(13)2/h3-8H,9H2,1-2H3,(H2,18,19). The van der Waals surface area contributed by atoms with E-state index in [1.807, 2.05) is 38.1 Å². The Bertz CT molecular complexity index is 653. The van der Waals surface area contributed by atoms with Gasteiger partial charge in [-0.25, -0.2) is 0 Å². The third-order valence-electron chi connectivity index (χ3n) is 3.16. The second-order valence-corrected chi connectivity index (χ2v) is 5.62. The predicted molar refractivity (Wildman–Crippen MR) is 82.9 cm³/mol. The lowest BCUT2D eigenvalue weighted by atomic mass is 10.1. The van der Waals surface area contributed by atoms with E-state index >= 15 is 0 Å². The van der Waals surface area contributed by atoms with E-state index in [0.717, 1.165) is 26.9 Å². The molecule has 0 radical (unpaired) electrons. The van der Waals surface area contributed by atoms with E-state index in [2.05, 4.69) is 15.9 Å². The van der Waals surface area contributed by atoms with Crippen molar-refractivity contribution in [2.24, 2.45) is 5.73 Å². The Morgan fingerprint density at radius 2 is 1.90 bits per heavy atom. The second-order valence-electron chi connectivity index (χ2n) is 4.70. The van der Waals surface area contributed by atoms with Crippen LogP contribution < -0.4 is 10.5 Å². The lowest BCUT2D eigenvalue weighted by Crippen LogP contribution is -2.11. The molecule has 0 saturated heterocycles. The Hall–Kier alpha value is -1.81. The van der Waals surface area contributed by atoms with Gasteiger partial charge in [0.15, 0.2) is 0 Å². The Labute approximate surface area is 126 Å². The van der Waals surface area contributed by atoms with E-state index in [0.29, 0.717) is 12.2 Å². The minimum absolute atomic E-state index is 0.414. The van der Waals surface area contributed by atoms with Crippen LogP contribution in [-0.2, 0) is 6.61 Å². The average molecular weight is 334 g/mol. The topological polar surface area (TPSA) is 52.3 Å². The van der Waals surface area contributed by atoms with Crippen molar-refractivity contribution in [1.82, 2.24) is 0 Å². The highest BCUT2D eigenvalue weighted by atomic mass is 79.9. The van der Waals surface area contributed by atoms with Gasteiger partial charge in [0.05, 0.1) is 0 Å². The van der Waals surface area contributed by atoms with E-state index in [4.69, 9.17) is 10.5 Å². The smallest absolute Gasteiger partial charge is 0.248 e. The number of hydrogen-bond acceptors (Lipinski definition) is 2. The summed E-state index contributed by atoms with van der Waals surface area (Å²) in [6, 6.07) is 11.3. The van der Waals surface area contributed by atoms with E-state index in [-0.39, 0.29) is 0 Å². The summed E-state index contributed by atoms with van der Waals surface area (Å²) in [5.74, 6) is 0.432. The van der Waals surface area contributed by atoms with Gasteiger partial charge < -0.3 is 10.5 Å². The predicted octanol–water partition coefficient (Wildman–Crippen LogP) is 3.74. The number of hydrogen-bond donors (Lipinski definition) is 1. The van der Waals surface area contributed by atoms with Gasteiger partial charge in [-0.1, -0.05) is 28.1 Å². The van der Waals surface area contributed by atoms with Crippen LogP contribution in [0.2, 0.25) is 0 Å². The number of nitrogens with two attached hydrogens (primary N) is 1. The molecule has 0 heterocycles. The van der Waals surface area contributed by atoms with Gasteiger partial charge in [-0.3, -0.25) is 4.79 Å². The van der Waals surface area contributed by atoms with Gasteiger partial charge in [0.1, 0.15) is 12.4 Å². The van der Waals surface area contributed by atoms with Crippen LogP contribution >= 0.6 is 15.9 Å². The minimum Gasteiger partial charge on any atom is -0.489 e. The Kier molecular flexibility index (Phi) is 4.45. The van der Waals surface area contributed by atoms with Crippen molar-refractivity contribution >= 4 is 21.8 Å². The zero-order chi connectivity index (χ0) is 14.7. The fraction of sp³-hybridized carbons (Fsp3) is 0.188. The number of rotatable bonds is 4. The maximum atomic E-state index is 11.1. The molecule has 2 aromatic carbocycles. The summed E-state index contributed by atoms with van der Waals surface area (Å²) in [6.45, 7) is 4.41. The molecule has 0 fully saturated rings. The summed E-state index contributed by atoms with van der Waals surface area (Å²) < 4.78 is 6.82. The zero-order valence-corrected chi connectivity index (χ0v) is 13.0. The van der Waals surface area contributed by atoms with E-state index in [9.17, 15) is 4.79 Å². The molecule has 4 heteroatoms. The quantitative estimate of drug-likeness (QED) is 0.926. The van der Waals surface area contributed by atoms with Crippen molar-refractivity contribution in [1.29, 1.82) is 0 Å². The highest BCUT2D eigenvalue weighted by molar-refractivity contribution is 9.10. The third kappa shape index (κ3) is 3.39. The molecule has 2 rings (SSSR count). The number of primary amides is 1. The summed E-state index contributed by atoms with van der Waals surface area (Å²) in [6.07, 6.45) is 0. The highest BCUT2D eigenvalue weighted by Crippen LogP contribution is 2.24. The van der Waals surface area contributed by atoms with E-state index in [1.165, 1.54) is 0 Å². The van der Waals surface area contributed by atoms with Gasteiger partial charge in [0.2, 0.25) is 5.91 Å². The summed E-state index contributed by atoms with van der Waals surface area (Å²) in [5.41, 5.74) is 8.89. The first-order valence-corrected chi connectivity index (χ1v) is 7.05. The van der Waals surface area contributed by atoms with Crippen LogP contribution in [0.15, 0.2) is 40.9 Å². The van der Waals surface area contributed by atoms with Crippen LogP contribution in [-0.4, -0.2) is 5.91 Å². The summed E-state index contributed by atoms with van der Waals surface area (Å²) in [5, 5.41) is 0. The van der Waals surface area contributed by atoms with Gasteiger partial charge in [0, 0.05) is 10.0 Å². The lowest BCUT2D eigenvalue weighted by molar-refractivity contribution is 0.1000. The molecular formula is C16H16BrNO2. The van der Waals surface area contributed by atoms with Crippen LogP contribution in [0.3, 0.4) is 0 Å². The van der Waals surface area contributed by atoms with Crippen molar-refractivity contribution in [3.63, 3.8) is 0 Å². The number of amides is 1. The first kappa shape index (κ1) is 14.6. The summed E-state index contributed by atoms with van der Waals surface area (Å²) in [7, 11) is 0. The molecule has 0 atom stereocenters. The molecule has 104 valence electrons. The Morgan fingerprint density at radius 3 is 2.55 bits per heavy atom. The normalized spacial score (nSPS) is 10.3. The highest BCUT2D eigenvalue weighted by Gasteiger charge is 2.06. The Morgan fingerprint density at radius 1 is 1.15 bits per heavy atom. The molecule has 3 nitrogen and oxygen atoms in total. The molecule has 0 aliphatic rings. The molecule has 0 spiro atoms. The number of benzene rings is 2. The van der Waals surface area contributed by atoms with Crippen molar-refractivity contribution in [2.45, 2.75) is 20.5 Å². The fourth-order valence-corrected chi connectivity index (χ4v) is 2.24. The zero-order valence-electron chi connectivity index (χ0n) is 11.4. The molecule has 0 unspecified atom stereocenters. The SMILES string of the molecule is Cc1cc(C(N)=O)ccc1COc1cc(Br)ccc1C. The van der Waals surface area contributed by atoms with E-state index < -0.39 is 5.91 Å². The van der Waals surface area contributed by atoms with Crippen molar-refractivity contribution in [3.05, 3.63) is 63.1 Å². The molecule has 1 amide bonds. The average Bonchev–Trinajstić information content (AvgIpc) is 2.40. The maximum absolute atomic E-state index is 11.1. The molecule has 20 heavy (non-hydrogen) atoms. The molecule has 0 aliphatic carbocycles. The molecule has 2 N–H and O–H groups in total. The molecule has 2 aromatic rings. The number of carbonyl (C=O) groups excluding carboxylic acids is 1. The molecule has 0 aliphatic heterocycles. The van der Waals surface area contributed by atoms with E-state index in [1.54, 1.807) is 12.1 Å². The Balaban J connectivity index is 2.15. The van der Waals surface area contributed by atoms with Gasteiger partial charge in [-0.05, 0) is 54.8 Å². The fourth-order valence-electron chi connectivity index (χ4n) is 1.90. The summed E-state index contributed by atoms with van der Waals surface area (Å²) >= 11 is 3.43. The number of ether oxygens (including phenoxy) is 1. The number of aryl methyl sites for hydroxylation is 2. The summed E-state index contributed by atoms with van der Waals surface area (Å²) in [4.78, 5) is 11.1. The van der Waals surface area contributed by atoms with Crippen LogP contribution in [0.5, 0.6) is 5.75 Å². The minimum atomic E-state index is -0.414. The molecule has 0 bridgehead atoms. The number of halogens is 1. The lowest BCUT2D eigenvalue weighted by Gasteiger charge is -2.12. The van der Waals surface area contributed by atoms with Crippen LogP contribution in [0.4, 0.5) is 0 Å². The molecular weight excluding hydrogens is 318 g/mol. The molecule has 0 saturated carbocycles. The van der Waals surface area contributed by atoms with Crippen molar-refractivity contribution < 1.29 is 9.53 Å². The maximum Gasteiger partial charge on any atom is 0.248 e. The van der Waals surface area contributed by atoms with Gasteiger partial charge in [-0.2, -0.15) is 0 Å².